The van der Waals surface area contributed by atoms with Crippen LogP contribution in [-0.4, -0.2) is 58.2 Å². The smallest absolute Gasteiger partial charge is 0.255 e. The molecule has 1 aliphatic heterocycles. The van der Waals surface area contributed by atoms with Crippen LogP contribution in [0.2, 0.25) is 0 Å². The second-order valence-corrected chi connectivity index (χ2v) is 9.13. The summed E-state index contributed by atoms with van der Waals surface area (Å²) >= 11 is 3.17. The van der Waals surface area contributed by atoms with Gasteiger partial charge in [-0.25, -0.2) is 9.97 Å². The van der Waals surface area contributed by atoms with Gasteiger partial charge in [-0.1, -0.05) is 11.6 Å². The lowest BCUT2D eigenvalue weighted by atomic mass is 10.0. The lowest BCUT2D eigenvalue weighted by Crippen LogP contribution is -2.35. The Labute approximate surface area is 191 Å². The SMILES string of the molecule is C=N/C(=C\SCNc1ccc(C(=O)N2CC=C(CCO)CC2)cn1)c1sc(C)nc1C. The first-order chi connectivity index (χ1) is 15.0. The Hall–Kier alpha value is -2.49. The number of aryl methyl sites for hydroxylation is 2. The van der Waals surface area contributed by atoms with Gasteiger partial charge in [0.1, 0.15) is 5.82 Å². The first-order valence-electron chi connectivity index (χ1n) is 10.0. The number of carbonyl (C=O) groups is 1. The third kappa shape index (κ3) is 6.25. The average molecular weight is 458 g/mol. The molecule has 164 valence electrons. The van der Waals surface area contributed by atoms with E-state index in [4.69, 9.17) is 5.11 Å². The number of aliphatic hydroxyl groups is 1. The van der Waals surface area contributed by atoms with Gasteiger partial charge < -0.3 is 15.3 Å². The molecule has 0 fully saturated rings. The number of thiazole rings is 1. The fourth-order valence-electron chi connectivity index (χ4n) is 3.24. The molecular weight excluding hydrogens is 430 g/mol. The van der Waals surface area contributed by atoms with Crippen LogP contribution in [0.5, 0.6) is 0 Å². The van der Waals surface area contributed by atoms with E-state index >= 15 is 0 Å². The Morgan fingerprint density at radius 1 is 1.45 bits per heavy atom. The number of carbonyl (C=O) groups excluding carboxylic acids is 1. The minimum absolute atomic E-state index is 0.0208. The van der Waals surface area contributed by atoms with Crippen molar-refractivity contribution in [1.29, 1.82) is 0 Å². The van der Waals surface area contributed by atoms with E-state index in [9.17, 15) is 4.79 Å². The van der Waals surface area contributed by atoms with Crippen LogP contribution < -0.4 is 5.32 Å². The van der Waals surface area contributed by atoms with E-state index in [-0.39, 0.29) is 12.5 Å². The molecule has 2 aromatic heterocycles. The molecule has 0 saturated carbocycles. The van der Waals surface area contributed by atoms with Crippen molar-refractivity contribution in [2.24, 2.45) is 4.99 Å². The van der Waals surface area contributed by atoms with Gasteiger partial charge in [0, 0.05) is 25.9 Å². The highest BCUT2D eigenvalue weighted by molar-refractivity contribution is 8.02. The first-order valence-corrected chi connectivity index (χ1v) is 11.9. The van der Waals surface area contributed by atoms with Crippen LogP contribution in [0.25, 0.3) is 5.70 Å². The molecule has 0 aromatic carbocycles. The van der Waals surface area contributed by atoms with Crippen molar-refractivity contribution in [2.45, 2.75) is 26.7 Å². The van der Waals surface area contributed by atoms with Crippen molar-refractivity contribution >= 4 is 47.2 Å². The summed E-state index contributed by atoms with van der Waals surface area (Å²) in [7, 11) is 0. The molecule has 7 nitrogen and oxygen atoms in total. The van der Waals surface area contributed by atoms with Gasteiger partial charge in [-0.15, -0.1) is 23.1 Å². The molecule has 0 spiro atoms. The number of hydrogen-bond donors (Lipinski definition) is 2. The summed E-state index contributed by atoms with van der Waals surface area (Å²) in [4.78, 5) is 28.4. The molecule has 31 heavy (non-hydrogen) atoms. The number of hydrogen-bond acceptors (Lipinski definition) is 8. The number of nitrogens with zero attached hydrogens (tertiary/aromatic N) is 4. The molecular formula is C22H27N5O2S2. The van der Waals surface area contributed by atoms with Crippen LogP contribution in [-0.2, 0) is 0 Å². The molecule has 0 saturated heterocycles. The maximum Gasteiger partial charge on any atom is 0.255 e. The van der Waals surface area contributed by atoms with Gasteiger partial charge in [-0.3, -0.25) is 9.79 Å². The molecule has 3 heterocycles. The number of anilines is 1. The Balaban J connectivity index is 1.51. The van der Waals surface area contributed by atoms with Crippen LogP contribution in [0.3, 0.4) is 0 Å². The molecule has 2 N–H and O–H groups in total. The number of aromatic nitrogens is 2. The third-order valence-electron chi connectivity index (χ3n) is 4.87. The second-order valence-electron chi connectivity index (χ2n) is 7.07. The predicted octanol–water partition coefficient (Wildman–Crippen LogP) is 4.11. The summed E-state index contributed by atoms with van der Waals surface area (Å²) in [5, 5.41) is 15.2. The highest BCUT2D eigenvalue weighted by Crippen LogP contribution is 2.28. The van der Waals surface area contributed by atoms with Crippen LogP contribution in [0.15, 0.2) is 40.4 Å². The lowest BCUT2D eigenvalue weighted by molar-refractivity contribution is 0.0767. The first kappa shape index (κ1) is 23.2. The van der Waals surface area contributed by atoms with Crippen molar-refractivity contribution < 1.29 is 9.90 Å². The third-order valence-corrected chi connectivity index (χ3v) is 6.67. The summed E-state index contributed by atoms with van der Waals surface area (Å²) in [5.41, 5.74) is 3.57. The summed E-state index contributed by atoms with van der Waals surface area (Å²) in [6.07, 6.45) is 5.14. The van der Waals surface area contributed by atoms with Crippen molar-refractivity contribution in [3.05, 3.63) is 56.5 Å². The molecule has 0 unspecified atom stereocenters. The van der Waals surface area contributed by atoms with E-state index in [1.54, 1.807) is 40.3 Å². The Morgan fingerprint density at radius 2 is 2.29 bits per heavy atom. The Morgan fingerprint density at radius 3 is 2.87 bits per heavy atom. The summed E-state index contributed by atoms with van der Waals surface area (Å²) in [5.74, 6) is 1.30. The zero-order valence-electron chi connectivity index (χ0n) is 17.8. The number of nitrogens with one attached hydrogen (secondary N) is 1. The van der Waals surface area contributed by atoms with Crippen LogP contribution in [0.4, 0.5) is 5.82 Å². The van der Waals surface area contributed by atoms with Gasteiger partial charge in [0.2, 0.25) is 0 Å². The van der Waals surface area contributed by atoms with E-state index in [1.165, 1.54) is 5.57 Å². The number of aliphatic hydroxyl groups excluding tert-OH is 1. The highest BCUT2D eigenvalue weighted by atomic mass is 32.2. The molecule has 1 amide bonds. The Kier molecular flexibility index (Phi) is 8.39. The van der Waals surface area contributed by atoms with E-state index in [2.05, 4.69) is 27.0 Å². The largest absolute Gasteiger partial charge is 0.396 e. The van der Waals surface area contributed by atoms with E-state index in [0.29, 0.717) is 36.8 Å². The number of pyridine rings is 1. The maximum absolute atomic E-state index is 12.7. The number of amides is 1. The molecule has 2 aromatic rings. The number of thioether (sulfide) groups is 1. The molecule has 0 aliphatic carbocycles. The van der Waals surface area contributed by atoms with E-state index < -0.39 is 0 Å². The molecule has 9 heteroatoms. The fourth-order valence-corrected chi connectivity index (χ4v) is 4.88. The van der Waals surface area contributed by atoms with Gasteiger partial charge in [-0.2, -0.15) is 0 Å². The molecule has 3 rings (SSSR count). The fraction of sp³-hybridized carbons (Fsp3) is 0.364. The van der Waals surface area contributed by atoms with Gasteiger partial charge in [0.05, 0.1) is 32.7 Å². The zero-order chi connectivity index (χ0) is 22.2. The van der Waals surface area contributed by atoms with Crippen LogP contribution in [0, 0.1) is 13.8 Å². The van der Waals surface area contributed by atoms with Gasteiger partial charge in [0.25, 0.3) is 5.91 Å². The maximum atomic E-state index is 12.7. The highest BCUT2D eigenvalue weighted by Gasteiger charge is 2.18. The Bertz CT molecular complexity index is 982. The average Bonchev–Trinajstić information content (AvgIpc) is 3.12. The van der Waals surface area contributed by atoms with Crippen molar-refractivity contribution in [3.63, 3.8) is 0 Å². The lowest BCUT2D eigenvalue weighted by Gasteiger charge is -2.26. The van der Waals surface area contributed by atoms with Crippen molar-refractivity contribution in [2.75, 3.05) is 30.9 Å². The van der Waals surface area contributed by atoms with E-state index in [1.807, 2.05) is 31.4 Å². The van der Waals surface area contributed by atoms with E-state index in [0.717, 1.165) is 27.7 Å². The zero-order valence-corrected chi connectivity index (χ0v) is 19.4. The minimum Gasteiger partial charge on any atom is -0.396 e. The molecule has 1 aliphatic rings. The molecule has 0 bridgehead atoms. The van der Waals surface area contributed by atoms with Gasteiger partial charge in [-0.05, 0) is 50.9 Å². The van der Waals surface area contributed by atoms with Crippen molar-refractivity contribution in [1.82, 2.24) is 14.9 Å². The quantitative estimate of drug-likeness (QED) is 0.255. The molecule has 0 radical (unpaired) electrons. The van der Waals surface area contributed by atoms with Gasteiger partial charge in [0.15, 0.2) is 0 Å². The van der Waals surface area contributed by atoms with Crippen molar-refractivity contribution in [3.8, 4) is 0 Å². The number of rotatable bonds is 9. The van der Waals surface area contributed by atoms with Crippen LogP contribution in [0.1, 0.15) is 38.8 Å². The number of aliphatic imine (C=N–C) groups is 1. The predicted molar refractivity (Wildman–Crippen MR) is 130 cm³/mol. The van der Waals surface area contributed by atoms with Crippen LogP contribution >= 0.6 is 23.1 Å². The summed E-state index contributed by atoms with van der Waals surface area (Å²) in [6, 6.07) is 3.61. The topological polar surface area (TPSA) is 90.7 Å². The molecule has 0 atom stereocenters. The monoisotopic (exact) mass is 457 g/mol. The summed E-state index contributed by atoms with van der Waals surface area (Å²) < 4.78 is 0. The standard InChI is InChI=1S/C22H27N5O2S2/c1-15-21(31-16(2)26-15)19(23-3)13-30-14-25-20-5-4-18(12-24-20)22(29)27-9-6-17(7-10-27)8-11-28/h4-6,12-13,28H,3,7-11,14H2,1-2H3,(H,24,25)/b19-13-. The minimum atomic E-state index is -0.0208. The summed E-state index contributed by atoms with van der Waals surface area (Å²) in [6.45, 7) is 9.03. The normalized spacial score (nSPS) is 14.4. The van der Waals surface area contributed by atoms with Gasteiger partial charge >= 0.3 is 0 Å². The second kappa shape index (κ2) is 11.2.